The fourth-order valence-electron chi connectivity index (χ4n) is 2.90. The first-order valence-electron chi connectivity index (χ1n) is 7.05. The molecule has 0 bridgehead atoms. The molecule has 1 saturated carbocycles. The van der Waals surface area contributed by atoms with E-state index in [0.717, 1.165) is 25.7 Å². The van der Waals surface area contributed by atoms with Crippen molar-refractivity contribution in [1.29, 1.82) is 0 Å². The molecule has 0 radical (unpaired) electrons. The number of nitrogens with one attached hydrogen (secondary N) is 1. The number of amides is 4. The number of urea groups is 1. The van der Waals surface area contributed by atoms with E-state index in [9.17, 15) is 14.4 Å². The van der Waals surface area contributed by atoms with Crippen LogP contribution in [0.1, 0.15) is 46.0 Å². The zero-order chi connectivity index (χ0) is 15.0. The van der Waals surface area contributed by atoms with Crippen LogP contribution in [0.4, 0.5) is 4.79 Å². The fraction of sp³-hybridized carbons (Fsp3) is 0.786. The molecular weight excluding hydrogens is 276 g/mol. The maximum absolute atomic E-state index is 12.4. The summed E-state index contributed by atoms with van der Waals surface area (Å²) in [6, 6.07) is -0.571. The Morgan fingerprint density at radius 1 is 1.15 bits per heavy atom. The Morgan fingerprint density at radius 2 is 1.75 bits per heavy atom. The SMILES string of the molecule is CSC1(CN2C(=O)NC(=O)C(C)(C)C2=O)CCCCC1. The Kier molecular flexibility index (Phi) is 4.14. The average molecular weight is 298 g/mol. The van der Waals surface area contributed by atoms with Crippen LogP contribution in [0, 0.1) is 5.41 Å². The first-order chi connectivity index (χ1) is 9.32. The predicted octanol–water partition coefficient (Wildman–Crippen LogP) is 2.16. The zero-order valence-electron chi connectivity index (χ0n) is 12.3. The lowest BCUT2D eigenvalue weighted by molar-refractivity contribution is -0.149. The molecule has 1 aliphatic carbocycles. The van der Waals surface area contributed by atoms with Crippen molar-refractivity contribution in [3.8, 4) is 0 Å². The molecule has 1 saturated heterocycles. The van der Waals surface area contributed by atoms with Crippen LogP contribution >= 0.6 is 11.8 Å². The van der Waals surface area contributed by atoms with E-state index < -0.39 is 17.4 Å². The number of imide groups is 2. The van der Waals surface area contributed by atoms with Gasteiger partial charge in [-0.2, -0.15) is 11.8 Å². The summed E-state index contributed by atoms with van der Waals surface area (Å²) < 4.78 is -0.0539. The van der Waals surface area contributed by atoms with Gasteiger partial charge in [-0.25, -0.2) is 4.79 Å². The summed E-state index contributed by atoms with van der Waals surface area (Å²) in [6.07, 6.45) is 7.54. The molecule has 20 heavy (non-hydrogen) atoms. The van der Waals surface area contributed by atoms with Gasteiger partial charge in [0.2, 0.25) is 11.8 Å². The first kappa shape index (κ1) is 15.4. The Balaban J connectivity index is 2.20. The van der Waals surface area contributed by atoms with Gasteiger partial charge in [0.1, 0.15) is 5.41 Å². The Hall–Kier alpha value is -1.04. The monoisotopic (exact) mass is 298 g/mol. The van der Waals surface area contributed by atoms with Gasteiger partial charge in [0.25, 0.3) is 0 Å². The highest BCUT2D eigenvalue weighted by atomic mass is 32.2. The molecular formula is C14H22N2O3S. The molecule has 0 spiro atoms. The highest BCUT2D eigenvalue weighted by Crippen LogP contribution is 2.40. The van der Waals surface area contributed by atoms with E-state index in [4.69, 9.17) is 0 Å². The highest BCUT2D eigenvalue weighted by Gasteiger charge is 2.49. The Bertz CT molecular complexity index is 442. The van der Waals surface area contributed by atoms with Crippen LogP contribution < -0.4 is 5.32 Å². The van der Waals surface area contributed by atoms with Gasteiger partial charge in [0.15, 0.2) is 0 Å². The van der Waals surface area contributed by atoms with Crippen molar-refractivity contribution < 1.29 is 14.4 Å². The van der Waals surface area contributed by atoms with E-state index in [2.05, 4.69) is 5.32 Å². The van der Waals surface area contributed by atoms with Crippen LogP contribution in [0.5, 0.6) is 0 Å². The van der Waals surface area contributed by atoms with E-state index in [1.807, 2.05) is 6.26 Å². The summed E-state index contributed by atoms with van der Waals surface area (Å²) in [7, 11) is 0. The topological polar surface area (TPSA) is 66.5 Å². The van der Waals surface area contributed by atoms with Gasteiger partial charge in [0, 0.05) is 11.3 Å². The van der Waals surface area contributed by atoms with Gasteiger partial charge in [-0.15, -0.1) is 0 Å². The second-order valence-corrected chi connectivity index (χ2v) is 7.50. The van der Waals surface area contributed by atoms with E-state index >= 15 is 0 Å². The molecule has 2 fully saturated rings. The molecule has 0 atom stereocenters. The zero-order valence-corrected chi connectivity index (χ0v) is 13.1. The summed E-state index contributed by atoms with van der Waals surface area (Å²) in [5.74, 6) is -0.893. The van der Waals surface area contributed by atoms with Crippen LogP contribution in [-0.4, -0.2) is 40.3 Å². The number of carbonyl (C=O) groups is 3. The van der Waals surface area contributed by atoms with E-state index in [1.54, 1.807) is 25.6 Å². The number of hydrogen-bond donors (Lipinski definition) is 1. The van der Waals surface area contributed by atoms with Crippen molar-refractivity contribution in [2.75, 3.05) is 12.8 Å². The van der Waals surface area contributed by atoms with Crippen molar-refractivity contribution in [3.05, 3.63) is 0 Å². The summed E-state index contributed by atoms with van der Waals surface area (Å²) in [5.41, 5.74) is -1.16. The summed E-state index contributed by atoms with van der Waals surface area (Å²) in [4.78, 5) is 37.4. The summed E-state index contributed by atoms with van der Waals surface area (Å²) >= 11 is 1.73. The number of nitrogens with zero attached hydrogens (tertiary/aromatic N) is 1. The standard InChI is InChI=1S/C14H22N2O3S/c1-13(2)10(17)15-12(19)16(11(13)18)9-14(20-3)7-5-4-6-8-14/h4-9H2,1-3H3,(H,15,17,19). The third kappa shape index (κ3) is 2.57. The molecule has 112 valence electrons. The summed E-state index contributed by atoms with van der Waals surface area (Å²) in [6.45, 7) is 3.53. The minimum atomic E-state index is -1.16. The molecule has 4 amide bonds. The number of rotatable bonds is 3. The second-order valence-electron chi connectivity index (χ2n) is 6.22. The van der Waals surface area contributed by atoms with Gasteiger partial charge in [-0.3, -0.25) is 19.8 Å². The quantitative estimate of drug-likeness (QED) is 0.811. The lowest BCUT2D eigenvalue weighted by Crippen LogP contribution is -2.64. The maximum Gasteiger partial charge on any atom is 0.330 e. The Labute approximate surface area is 123 Å². The van der Waals surface area contributed by atoms with Crippen molar-refractivity contribution in [1.82, 2.24) is 10.2 Å². The first-order valence-corrected chi connectivity index (χ1v) is 8.27. The fourth-order valence-corrected chi connectivity index (χ4v) is 3.86. The van der Waals surface area contributed by atoms with Crippen molar-refractivity contribution in [3.63, 3.8) is 0 Å². The summed E-state index contributed by atoms with van der Waals surface area (Å²) in [5, 5.41) is 2.30. The van der Waals surface area contributed by atoms with E-state index in [1.165, 1.54) is 11.3 Å². The normalized spacial score (nSPS) is 25.6. The molecule has 2 aliphatic rings. The van der Waals surface area contributed by atoms with Crippen LogP contribution in [0.2, 0.25) is 0 Å². The molecule has 1 aliphatic heterocycles. The van der Waals surface area contributed by atoms with Gasteiger partial charge in [-0.05, 0) is 32.9 Å². The third-order valence-electron chi connectivity index (χ3n) is 4.46. The van der Waals surface area contributed by atoms with E-state index in [0.29, 0.717) is 6.54 Å². The van der Waals surface area contributed by atoms with Gasteiger partial charge in [-0.1, -0.05) is 19.3 Å². The van der Waals surface area contributed by atoms with Crippen LogP contribution in [0.25, 0.3) is 0 Å². The molecule has 0 unspecified atom stereocenters. The van der Waals surface area contributed by atoms with Crippen molar-refractivity contribution >= 4 is 29.6 Å². The van der Waals surface area contributed by atoms with Crippen molar-refractivity contribution in [2.45, 2.75) is 50.7 Å². The largest absolute Gasteiger partial charge is 0.330 e. The van der Waals surface area contributed by atoms with Crippen LogP contribution in [0.15, 0.2) is 0 Å². The molecule has 0 aromatic rings. The highest BCUT2D eigenvalue weighted by molar-refractivity contribution is 8.00. The van der Waals surface area contributed by atoms with Crippen LogP contribution in [0.3, 0.4) is 0 Å². The number of thioether (sulfide) groups is 1. The maximum atomic E-state index is 12.4. The predicted molar refractivity (Wildman–Crippen MR) is 78.4 cm³/mol. The molecule has 2 rings (SSSR count). The number of hydrogen-bond acceptors (Lipinski definition) is 4. The lowest BCUT2D eigenvalue weighted by atomic mass is 9.85. The van der Waals surface area contributed by atoms with Crippen molar-refractivity contribution in [2.24, 2.45) is 5.41 Å². The minimum absolute atomic E-state index is 0.0539. The molecule has 6 heteroatoms. The van der Waals surface area contributed by atoms with Gasteiger partial charge in [0.05, 0.1) is 0 Å². The second kappa shape index (κ2) is 5.39. The lowest BCUT2D eigenvalue weighted by Gasteiger charge is -2.42. The minimum Gasteiger partial charge on any atom is -0.277 e. The van der Waals surface area contributed by atoms with E-state index in [-0.39, 0.29) is 10.7 Å². The van der Waals surface area contributed by atoms with Crippen LogP contribution in [-0.2, 0) is 9.59 Å². The molecule has 1 heterocycles. The molecule has 1 N–H and O–H groups in total. The third-order valence-corrected chi connectivity index (χ3v) is 5.86. The van der Waals surface area contributed by atoms with Gasteiger partial charge >= 0.3 is 6.03 Å². The number of carbonyl (C=O) groups excluding carboxylic acids is 3. The Morgan fingerprint density at radius 3 is 2.30 bits per heavy atom. The molecule has 0 aromatic heterocycles. The average Bonchev–Trinajstić information content (AvgIpc) is 2.43. The smallest absolute Gasteiger partial charge is 0.277 e. The van der Waals surface area contributed by atoms with Gasteiger partial charge < -0.3 is 0 Å². The molecule has 5 nitrogen and oxygen atoms in total. The number of barbiturate groups is 1. The molecule has 0 aromatic carbocycles.